The van der Waals surface area contributed by atoms with E-state index in [-0.39, 0.29) is 75.2 Å². The maximum absolute atomic E-state index is 13.6. The topological polar surface area (TPSA) is 137 Å². The number of esters is 3. The zero-order chi connectivity index (χ0) is 39.0. The lowest BCUT2D eigenvalue weighted by Gasteiger charge is -2.58. The van der Waals surface area contributed by atoms with Crippen LogP contribution in [0.5, 0.6) is 0 Å². The van der Waals surface area contributed by atoms with Crippen molar-refractivity contribution in [1.29, 1.82) is 0 Å². The number of aryl methyl sites for hydroxylation is 1. The summed E-state index contributed by atoms with van der Waals surface area (Å²) in [7, 11) is -3.93. The largest absolute Gasteiger partial charge is 0.462 e. The molecule has 0 aliphatic heterocycles. The van der Waals surface area contributed by atoms with E-state index in [1.165, 1.54) is 20.8 Å². The first kappa shape index (κ1) is 41.0. The van der Waals surface area contributed by atoms with Crippen LogP contribution in [0, 0.1) is 59.2 Å². The minimum Gasteiger partial charge on any atom is -0.462 e. The van der Waals surface area contributed by atoms with E-state index in [0.29, 0.717) is 6.42 Å². The molecule has 0 radical (unpaired) electrons. The summed E-state index contributed by atoms with van der Waals surface area (Å²) in [5.74, 6) is -0.404. The monoisotopic (exact) mass is 754 g/mol. The van der Waals surface area contributed by atoms with Crippen molar-refractivity contribution in [3.63, 3.8) is 0 Å². The van der Waals surface area contributed by atoms with E-state index in [4.69, 9.17) is 19.3 Å². The second kappa shape index (κ2) is 15.9. The summed E-state index contributed by atoms with van der Waals surface area (Å²) >= 11 is 0. The van der Waals surface area contributed by atoms with Gasteiger partial charge in [0, 0.05) is 44.9 Å². The van der Waals surface area contributed by atoms with Crippen molar-refractivity contribution >= 4 is 33.6 Å². The SMILES string of the molecule is CC[C@@H](C(C)C)[C@@H](OC(C)=O)[C@H](OC(C)=O)[C@@H](C)[C@H]1CC[C@H]2[C@@H]3/C(=N/NS(=O)(=O)c4ccc(C)cc4)C=C4C[C@@H](OC(C)=O)CC[C@]4(C)[C@H]3CC[C@]12C. The smallest absolute Gasteiger partial charge is 0.303 e. The van der Waals surface area contributed by atoms with Gasteiger partial charge in [-0.1, -0.05) is 64.8 Å². The fourth-order valence-electron chi connectivity index (χ4n) is 11.2. The number of hydrogen-bond acceptors (Lipinski definition) is 9. The zero-order valence-electron chi connectivity index (χ0n) is 33.4. The van der Waals surface area contributed by atoms with Gasteiger partial charge in [0.2, 0.25) is 0 Å². The molecule has 0 bridgehead atoms. The first-order valence-corrected chi connectivity index (χ1v) is 21.2. The Morgan fingerprint density at radius 3 is 2.11 bits per heavy atom. The third-order valence-electron chi connectivity index (χ3n) is 13.8. The number of hydrogen-bond donors (Lipinski definition) is 1. The van der Waals surface area contributed by atoms with Gasteiger partial charge in [-0.15, -0.1) is 0 Å². The van der Waals surface area contributed by atoms with Crippen molar-refractivity contribution in [2.24, 2.45) is 57.4 Å². The highest BCUT2D eigenvalue weighted by Gasteiger charge is 2.62. The Kier molecular flexibility index (Phi) is 12.3. The molecule has 4 aliphatic rings. The number of nitrogens with zero attached hydrogens (tertiary/aromatic N) is 1. The quantitative estimate of drug-likeness (QED) is 0.129. The average molecular weight is 755 g/mol. The molecule has 0 heterocycles. The average Bonchev–Trinajstić information content (AvgIpc) is 3.42. The van der Waals surface area contributed by atoms with Gasteiger partial charge in [0.15, 0.2) is 0 Å². The van der Waals surface area contributed by atoms with Crippen LogP contribution in [0.25, 0.3) is 0 Å². The van der Waals surface area contributed by atoms with Crippen LogP contribution < -0.4 is 4.83 Å². The van der Waals surface area contributed by atoms with Crippen LogP contribution >= 0.6 is 0 Å². The minimum atomic E-state index is -3.93. The van der Waals surface area contributed by atoms with Crippen LogP contribution in [0.1, 0.15) is 119 Å². The summed E-state index contributed by atoms with van der Waals surface area (Å²) < 4.78 is 45.0. The van der Waals surface area contributed by atoms with Gasteiger partial charge in [0.1, 0.15) is 18.3 Å². The molecule has 0 saturated heterocycles. The normalized spacial score (nSPS) is 32.6. The number of rotatable bonds is 12. The first-order chi connectivity index (χ1) is 24.8. The molecule has 0 spiro atoms. The highest BCUT2D eigenvalue weighted by atomic mass is 32.2. The van der Waals surface area contributed by atoms with Crippen molar-refractivity contribution in [3.8, 4) is 0 Å². The fraction of sp³-hybridized carbons (Fsp3) is 0.714. The Morgan fingerprint density at radius 2 is 1.53 bits per heavy atom. The predicted molar refractivity (Wildman–Crippen MR) is 204 cm³/mol. The molecule has 1 N–H and O–H groups in total. The first-order valence-electron chi connectivity index (χ1n) is 19.7. The van der Waals surface area contributed by atoms with Gasteiger partial charge in [-0.25, -0.2) is 0 Å². The van der Waals surface area contributed by atoms with Crippen molar-refractivity contribution in [2.45, 2.75) is 144 Å². The van der Waals surface area contributed by atoms with Gasteiger partial charge in [0.05, 0.1) is 10.6 Å². The molecule has 1 aromatic rings. The van der Waals surface area contributed by atoms with Crippen molar-refractivity contribution < 1.29 is 37.0 Å². The summed E-state index contributed by atoms with van der Waals surface area (Å²) in [6, 6.07) is 6.73. The van der Waals surface area contributed by atoms with E-state index in [0.717, 1.165) is 61.8 Å². The molecule has 294 valence electrons. The third kappa shape index (κ3) is 8.25. The lowest BCUT2D eigenvalue weighted by Crippen LogP contribution is -2.55. The number of hydrazone groups is 1. The lowest BCUT2D eigenvalue weighted by molar-refractivity contribution is -0.181. The van der Waals surface area contributed by atoms with Crippen LogP contribution in [-0.2, 0) is 38.6 Å². The molecule has 3 fully saturated rings. The number of ether oxygens (including phenoxy) is 3. The van der Waals surface area contributed by atoms with Crippen molar-refractivity contribution in [3.05, 3.63) is 41.5 Å². The second-order valence-electron chi connectivity index (χ2n) is 17.3. The van der Waals surface area contributed by atoms with E-state index in [9.17, 15) is 22.8 Å². The molecular weight excluding hydrogens is 693 g/mol. The minimum absolute atomic E-state index is 0.00990. The third-order valence-corrected chi connectivity index (χ3v) is 15.0. The number of carbonyl (C=O) groups is 3. The summed E-state index contributed by atoms with van der Waals surface area (Å²) in [6.45, 7) is 19.4. The number of sulfonamides is 1. The fourth-order valence-corrected chi connectivity index (χ4v) is 12.0. The van der Waals surface area contributed by atoms with E-state index >= 15 is 0 Å². The number of fused-ring (bicyclic) bond motifs is 5. The molecule has 3 saturated carbocycles. The van der Waals surface area contributed by atoms with Crippen LogP contribution in [-0.4, -0.2) is 50.3 Å². The number of benzene rings is 1. The van der Waals surface area contributed by atoms with Gasteiger partial charge in [-0.05, 0) is 105 Å². The highest BCUT2D eigenvalue weighted by Crippen LogP contribution is 2.67. The van der Waals surface area contributed by atoms with E-state index < -0.39 is 28.2 Å². The molecule has 0 aromatic heterocycles. The van der Waals surface area contributed by atoms with E-state index in [2.05, 4.69) is 52.4 Å². The Bertz CT molecular complexity index is 1700. The number of carbonyl (C=O) groups excluding carboxylic acids is 3. The Balaban J connectivity index is 1.55. The standard InChI is InChI=1S/C42H62N2O8S/c1-11-33(24(2)3)40(52-29(8)47)39(51-28(7)46)26(5)34-16-17-35-38-36(19-21-42(34,35)10)41(9)20-18-31(50-27(6)45)22-30(41)23-37(38)43-44-53(48,49)32-14-12-25(4)13-15-32/h12-15,23-24,26,31,33-36,38-40,44H,11,16-22H2,1-10H3/b43-37+/t26-,31-,33-,34+,35-,36-,38-,39+,40+,41-,42+/m0/s1. The molecule has 0 amide bonds. The van der Waals surface area contributed by atoms with E-state index in [1.54, 1.807) is 24.3 Å². The molecular formula is C42H62N2O8S. The van der Waals surface area contributed by atoms with E-state index in [1.807, 2.05) is 6.92 Å². The van der Waals surface area contributed by atoms with Crippen LogP contribution in [0.2, 0.25) is 0 Å². The second-order valence-corrected chi connectivity index (χ2v) is 19.0. The predicted octanol–water partition coefficient (Wildman–Crippen LogP) is 7.93. The van der Waals surface area contributed by atoms with Gasteiger partial charge >= 0.3 is 17.9 Å². The van der Waals surface area contributed by atoms with Crippen LogP contribution in [0.15, 0.2) is 45.9 Å². The maximum atomic E-state index is 13.6. The Morgan fingerprint density at radius 1 is 0.887 bits per heavy atom. The van der Waals surface area contributed by atoms with Crippen molar-refractivity contribution in [2.75, 3.05) is 0 Å². The van der Waals surface area contributed by atoms with Gasteiger partial charge in [-0.3, -0.25) is 14.4 Å². The number of nitrogens with one attached hydrogen (secondary N) is 1. The highest BCUT2D eigenvalue weighted by molar-refractivity contribution is 7.89. The van der Waals surface area contributed by atoms with Crippen LogP contribution in [0.3, 0.4) is 0 Å². The van der Waals surface area contributed by atoms with Crippen molar-refractivity contribution in [1.82, 2.24) is 4.83 Å². The molecule has 11 heteroatoms. The number of allylic oxidation sites excluding steroid dienone is 1. The maximum Gasteiger partial charge on any atom is 0.303 e. The summed E-state index contributed by atoms with van der Waals surface area (Å²) in [4.78, 5) is 39.9. The summed E-state index contributed by atoms with van der Waals surface area (Å²) in [6.07, 6.45) is 7.42. The summed E-state index contributed by atoms with van der Waals surface area (Å²) in [5, 5.41) is 4.76. The molecule has 53 heavy (non-hydrogen) atoms. The lowest BCUT2D eigenvalue weighted by atomic mass is 9.46. The molecule has 11 atom stereocenters. The summed E-state index contributed by atoms with van der Waals surface area (Å²) in [5.41, 5.74) is 2.53. The van der Waals surface area contributed by atoms with Gasteiger partial charge < -0.3 is 14.2 Å². The molecule has 10 nitrogen and oxygen atoms in total. The molecule has 0 unspecified atom stereocenters. The molecule has 1 aromatic carbocycles. The molecule has 5 rings (SSSR count). The Hall–Kier alpha value is -3.21. The van der Waals surface area contributed by atoms with Crippen LogP contribution in [0.4, 0.5) is 0 Å². The Labute approximate surface area is 317 Å². The van der Waals surface area contributed by atoms with Gasteiger partial charge in [0.25, 0.3) is 10.0 Å². The zero-order valence-corrected chi connectivity index (χ0v) is 34.3. The van der Waals surface area contributed by atoms with Gasteiger partial charge in [-0.2, -0.15) is 18.4 Å². The molecule has 4 aliphatic carbocycles.